The van der Waals surface area contributed by atoms with E-state index in [1.807, 2.05) is 30.3 Å². The van der Waals surface area contributed by atoms with Gasteiger partial charge in [-0.15, -0.1) is 0 Å². The minimum absolute atomic E-state index is 0.0328. The van der Waals surface area contributed by atoms with Gasteiger partial charge in [-0.2, -0.15) is 0 Å². The Morgan fingerprint density at radius 2 is 1.95 bits per heavy atom. The van der Waals surface area contributed by atoms with Crippen LogP contribution in [0.15, 0.2) is 30.3 Å². The Balaban J connectivity index is 1.96. The smallest absolute Gasteiger partial charge is 0.312 e. The first-order chi connectivity index (χ1) is 10.1. The summed E-state index contributed by atoms with van der Waals surface area (Å²) in [7, 11) is 0. The Morgan fingerprint density at radius 3 is 2.62 bits per heavy atom. The second-order valence-corrected chi connectivity index (χ2v) is 6.21. The monoisotopic (exact) mass is 290 g/mol. The first-order valence-corrected chi connectivity index (χ1v) is 8.04. The molecule has 1 aromatic carbocycles. The second kappa shape index (κ2) is 7.08. The van der Waals surface area contributed by atoms with Crippen LogP contribution in [0.25, 0.3) is 0 Å². The van der Waals surface area contributed by atoms with E-state index in [1.165, 1.54) is 19.3 Å². The third-order valence-electron chi connectivity index (χ3n) is 4.48. The molecule has 1 fully saturated rings. The molecule has 1 N–H and O–H groups in total. The molecule has 21 heavy (non-hydrogen) atoms. The summed E-state index contributed by atoms with van der Waals surface area (Å²) >= 11 is 0. The third-order valence-corrected chi connectivity index (χ3v) is 4.48. The number of rotatable bonds is 7. The molecule has 1 saturated heterocycles. The number of cyclic esters (lactones) is 1. The summed E-state index contributed by atoms with van der Waals surface area (Å²) in [5.74, 6) is -0.722. The van der Waals surface area contributed by atoms with Gasteiger partial charge in [-0.25, -0.2) is 0 Å². The van der Waals surface area contributed by atoms with Gasteiger partial charge in [-0.3, -0.25) is 4.79 Å². The van der Waals surface area contributed by atoms with E-state index in [0.717, 1.165) is 18.4 Å². The number of hydrogen-bond donors (Lipinski definition) is 1. The molecule has 2 rings (SSSR count). The third kappa shape index (κ3) is 3.85. The lowest BCUT2D eigenvalue weighted by atomic mass is 9.81. The zero-order chi connectivity index (χ0) is 15.3. The van der Waals surface area contributed by atoms with E-state index >= 15 is 0 Å². The largest absolute Gasteiger partial charge is 0.462 e. The van der Waals surface area contributed by atoms with Crippen molar-refractivity contribution in [1.82, 2.24) is 0 Å². The van der Waals surface area contributed by atoms with Crippen molar-refractivity contribution in [2.24, 2.45) is 5.92 Å². The van der Waals surface area contributed by atoms with Crippen molar-refractivity contribution >= 4 is 5.97 Å². The molecule has 3 unspecified atom stereocenters. The molecule has 1 heterocycles. The molecule has 0 bridgehead atoms. The molecule has 0 amide bonds. The van der Waals surface area contributed by atoms with E-state index in [2.05, 4.69) is 6.92 Å². The lowest BCUT2D eigenvalue weighted by Gasteiger charge is -2.27. The van der Waals surface area contributed by atoms with Crippen LogP contribution in [0.2, 0.25) is 0 Å². The van der Waals surface area contributed by atoms with Crippen LogP contribution in [0, 0.1) is 5.92 Å². The Labute approximate surface area is 127 Å². The molecular formula is C18H26O3. The predicted octanol–water partition coefficient (Wildman–Crippen LogP) is 3.80. The Kier molecular flexibility index (Phi) is 5.40. The van der Waals surface area contributed by atoms with Gasteiger partial charge < -0.3 is 9.84 Å². The van der Waals surface area contributed by atoms with Crippen LogP contribution in [-0.2, 0) is 15.1 Å². The van der Waals surface area contributed by atoms with E-state index in [9.17, 15) is 9.90 Å². The van der Waals surface area contributed by atoms with E-state index in [0.29, 0.717) is 6.42 Å². The molecule has 0 spiro atoms. The quantitative estimate of drug-likeness (QED) is 0.614. The normalized spacial score (nSPS) is 24.6. The standard InChI is InChI=1S/C18H26O3/c1-3-4-5-9-12-15-13-16(17(19)21-15)18(2,20)14-10-7-6-8-11-14/h6-8,10-11,15-16,20H,3-5,9,12-13H2,1-2H3. The number of unbranched alkanes of at least 4 members (excludes halogenated alkanes) is 3. The number of esters is 1. The fourth-order valence-electron chi connectivity index (χ4n) is 3.06. The van der Waals surface area contributed by atoms with Gasteiger partial charge in [-0.05, 0) is 25.3 Å². The van der Waals surface area contributed by atoms with Crippen LogP contribution in [0.4, 0.5) is 0 Å². The summed E-state index contributed by atoms with van der Waals surface area (Å²) in [5.41, 5.74) is -0.380. The van der Waals surface area contributed by atoms with Gasteiger partial charge >= 0.3 is 5.97 Å². The molecule has 1 aliphatic heterocycles. The molecule has 3 atom stereocenters. The number of benzene rings is 1. The molecule has 116 valence electrons. The topological polar surface area (TPSA) is 46.5 Å². The van der Waals surface area contributed by atoms with Crippen molar-refractivity contribution in [3.63, 3.8) is 0 Å². The minimum Gasteiger partial charge on any atom is -0.462 e. The van der Waals surface area contributed by atoms with Crippen molar-refractivity contribution in [3.05, 3.63) is 35.9 Å². The van der Waals surface area contributed by atoms with Crippen molar-refractivity contribution in [2.75, 3.05) is 0 Å². The van der Waals surface area contributed by atoms with Crippen LogP contribution in [-0.4, -0.2) is 17.2 Å². The highest BCUT2D eigenvalue weighted by Crippen LogP contribution is 2.38. The fraction of sp³-hybridized carbons (Fsp3) is 0.611. The predicted molar refractivity (Wildman–Crippen MR) is 82.8 cm³/mol. The fourth-order valence-corrected chi connectivity index (χ4v) is 3.06. The lowest BCUT2D eigenvalue weighted by molar-refractivity contribution is -0.150. The summed E-state index contributed by atoms with van der Waals surface area (Å²) in [6.45, 7) is 3.90. The maximum atomic E-state index is 12.1. The number of ether oxygens (including phenoxy) is 1. The van der Waals surface area contributed by atoms with Crippen LogP contribution >= 0.6 is 0 Å². The summed E-state index contributed by atoms with van der Waals surface area (Å²) < 4.78 is 5.46. The summed E-state index contributed by atoms with van der Waals surface area (Å²) in [6.07, 6.45) is 6.20. The van der Waals surface area contributed by atoms with Gasteiger partial charge in [0.05, 0.1) is 5.92 Å². The zero-order valence-corrected chi connectivity index (χ0v) is 13.0. The van der Waals surface area contributed by atoms with Crippen molar-refractivity contribution < 1.29 is 14.6 Å². The average Bonchev–Trinajstić information content (AvgIpc) is 2.86. The highest BCUT2D eigenvalue weighted by molar-refractivity contribution is 5.76. The molecule has 3 heteroatoms. The van der Waals surface area contributed by atoms with Crippen LogP contribution in [0.3, 0.4) is 0 Å². The highest BCUT2D eigenvalue weighted by Gasteiger charge is 2.46. The molecule has 3 nitrogen and oxygen atoms in total. The molecule has 1 aromatic rings. The van der Waals surface area contributed by atoms with Gasteiger partial charge in [0, 0.05) is 6.42 Å². The van der Waals surface area contributed by atoms with E-state index in [-0.39, 0.29) is 12.1 Å². The van der Waals surface area contributed by atoms with Gasteiger partial charge in [0.2, 0.25) is 0 Å². The first kappa shape index (κ1) is 16.0. The molecule has 0 aromatic heterocycles. The van der Waals surface area contributed by atoms with Crippen LogP contribution in [0.5, 0.6) is 0 Å². The Hall–Kier alpha value is -1.35. The summed E-state index contributed by atoms with van der Waals surface area (Å²) in [4.78, 5) is 12.1. The lowest BCUT2D eigenvalue weighted by Crippen LogP contribution is -2.34. The highest BCUT2D eigenvalue weighted by atomic mass is 16.6. The minimum atomic E-state index is -1.16. The Morgan fingerprint density at radius 1 is 1.24 bits per heavy atom. The van der Waals surface area contributed by atoms with Gasteiger partial charge in [-0.1, -0.05) is 56.5 Å². The maximum absolute atomic E-state index is 12.1. The average molecular weight is 290 g/mol. The van der Waals surface area contributed by atoms with E-state index in [1.54, 1.807) is 6.92 Å². The van der Waals surface area contributed by atoms with Crippen molar-refractivity contribution in [3.8, 4) is 0 Å². The number of aliphatic hydroxyl groups is 1. The van der Waals surface area contributed by atoms with E-state index in [4.69, 9.17) is 4.74 Å². The Bertz CT molecular complexity index is 453. The molecule has 0 saturated carbocycles. The SMILES string of the molecule is CCCCCCC1CC(C(C)(O)c2ccccc2)C(=O)O1. The second-order valence-electron chi connectivity index (χ2n) is 6.21. The van der Waals surface area contributed by atoms with Crippen LogP contribution < -0.4 is 0 Å². The maximum Gasteiger partial charge on any atom is 0.312 e. The van der Waals surface area contributed by atoms with Crippen molar-refractivity contribution in [1.29, 1.82) is 0 Å². The first-order valence-electron chi connectivity index (χ1n) is 8.04. The van der Waals surface area contributed by atoms with E-state index < -0.39 is 11.5 Å². The summed E-state index contributed by atoms with van der Waals surface area (Å²) in [5, 5.41) is 10.8. The molecule has 0 radical (unpaired) electrons. The van der Waals surface area contributed by atoms with Crippen molar-refractivity contribution in [2.45, 2.75) is 64.1 Å². The summed E-state index contributed by atoms with van der Waals surface area (Å²) in [6, 6.07) is 9.39. The number of hydrogen-bond acceptors (Lipinski definition) is 3. The van der Waals surface area contributed by atoms with Gasteiger partial charge in [0.25, 0.3) is 0 Å². The van der Waals surface area contributed by atoms with Gasteiger partial charge in [0.15, 0.2) is 0 Å². The number of carbonyl (C=O) groups is 1. The van der Waals surface area contributed by atoms with Crippen LogP contribution in [0.1, 0.15) is 57.9 Å². The zero-order valence-electron chi connectivity index (χ0n) is 13.0. The molecular weight excluding hydrogens is 264 g/mol. The number of carbonyl (C=O) groups excluding carboxylic acids is 1. The van der Waals surface area contributed by atoms with Gasteiger partial charge in [0.1, 0.15) is 11.7 Å². The molecule has 0 aliphatic carbocycles. The molecule has 1 aliphatic rings.